The van der Waals surface area contributed by atoms with E-state index in [1.807, 2.05) is 0 Å². The highest BCUT2D eigenvalue weighted by molar-refractivity contribution is 9.26. The van der Waals surface area contributed by atoms with Gasteiger partial charge >= 0.3 is 0 Å². The maximum atomic E-state index is 3.81. The van der Waals surface area contributed by atoms with Gasteiger partial charge in [-0.05, 0) is 49.4 Å². The molecule has 4 atom stereocenters. The number of hydrogen-bond donors (Lipinski definition) is 0. The zero-order chi connectivity index (χ0) is 10.1. The van der Waals surface area contributed by atoms with Crippen LogP contribution in [0.3, 0.4) is 0 Å². The average Bonchev–Trinajstić information content (AvgIpc) is 2.67. The van der Waals surface area contributed by atoms with Crippen LogP contribution in [0.2, 0.25) is 0 Å². The lowest BCUT2D eigenvalue weighted by Gasteiger charge is -2.03. The van der Waals surface area contributed by atoms with Gasteiger partial charge in [0, 0.05) is 0 Å². The van der Waals surface area contributed by atoms with Crippen LogP contribution in [-0.2, 0) is 0 Å². The Labute approximate surface area is 118 Å². The lowest BCUT2D eigenvalue weighted by molar-refractivity contribution is 0.468. The second-order valence-electron chi connectivity index (χ2n) is 4.93. The van der Waals surface area contributed by atoms with Crippen molar-refractivity contribution in [3.63, 3.8) is 0 Å². The smallest absolute Gasteiger partial charge is 0.0721 e. The number of rotatable bonds is 0. The minimum Gasteiger partial charge on any atom is -0.0721 e. The second-order valence-corrected chi connectivity index (χ2v) is 12.3. The van der Waals surface area contributed by atoms with Crippen LogP contribution in [0.4, 0.5) is 0 Å². The first-order chi connectivity index (χ1) is 6.45. The second kappa shape index (κ2) is 3.23. The van der Waals surface area contributed by atoms with Gasteiger partial charge in [-0.3, -0.25) is 0 Å². The molecule has 0 bridgehead atoms. The van der Waals surface area contributed by atoms with Gasteiger partial charge in [-0.2, -0.15) is 0 Å². The number of alkyl halides is 4. The van der Waals surface area contributed by atoms with Gasteiger partial charge < -0.3 is 0 Å². The lowest BCUT2D eigenvalue weighted by Crippen LogP contribution is -1.93. The molecule has 0 heterocycles. The van der Waals surface area contributed by atoms with E-state index in [0.717, 1.165) is 23.7 Å². The van der Waals surface area contributed by atoms with Crippen molar-refractivity contribution in [3.8, 4) is 0 Å². The summed E-state index contributed by atoms with van der Waals surface area (Å²) in [6, 6.07) is 0. The molecule has 0 spiro atoms. The number of hydrogen-bond acceptors (Lipinski definition) is 0. The Morgan fingerprint density at radius 3 is 1.00 bits per heavy atom. The van der Waals surface area contributed by atoms with Crippen LogP contribution in [0.5, 0.6) is 0 Å². The highest BCUT2D eigenvalue weighted by Gasteiger charge is 2.67. The van der Waals surface area contributed by atoms with Crippen LogP contribution in [0, 0.1) is 23.7 Å². The third kappa shape index (κ3) is 1.46. The van der Waals surface area contributed by atoms with Gasteiger partial charge in [0.15, 0.2) is 0 Å². The first-order valence-electron chi connectivity index (χ1n) is 5.21. The Hall–Kier alpha value is 1.92. The highest BCUT2D eigenvalue weighted by atomic mass is 79.9. The Morgan fingerprint density at radius 2 is 0.786 bits per heavy atom. The van der Waals surface area contributed by atoms with E-state index in [9.17, 15) is 0 Å². The topological polar surface area (TPSA) is 0 Å². The van der Waals surface area contributed by atoms with Crippen molar-refractivity contribution in [1.82, 2.24) is 0 Å². The van der Waals surface area contributed by atoms with Crippen LogP contribution < -0.4 is 0 Å². The van der Waals surface area contributed by atoms with Crippen LogP contribution in [0.15, 0.2) is 0 Å². The molecule has 0 aliphatic heterocycles. The van der Waals surface area contributed by atoms with Crippen LogP contribution in [0.1, 0.15) is 25.7 Å². The summed E-state index contributed by atoms with van der Waals surface area (Å²) in [4.78, 5) is 0. The summed E-state index contributed by atoms with van der Waals surface area (Å²) in [5.74, 6) is 3.50. The summed E-state index contributed by atoms with van der Waals surface area (Å²) in [7, 11) is 0. The Morgan fingerprint density at radius 1 is 0.571 bits per heavy atom. The third-order valence-electron chi connectivity index (χ3n) is 4.31. The molecule has 3 saturated carbocycles. The predicted octanol–water partition coefficient (Wildman–Crippen LogP) is 5.02. The van der Waals surface area contributed by atoms with Crippen LogP contribution in [0.25, 0.3) is 0 Å². The molecule has 14 heavy (non-hydrogen) atoms. The fourth-order valence-corrected chi connectivity index (χ4v) is 7.07. The number of fused-ring (bicyclic) bond motifs is 2. The summed E-state index contributed by atoms with van der Waals surface area (Å²) >= 11 is 15.2. The summed E-state index contributed by atoms with van der Waals surface area (Å²) in [6.45, 7) is 0. The monoisotopic (exact) mass is 448 g/mol. The van der Waals surface area contributed by atoms with Gasteiger partial charge in [0.25, 0.3) is 0 Å². The fraction of sp³-hybridized carbons (Fsp3) is 1.00. The number of halogens is 4. The maximum Gasteiger partial charge on any atom is 0.0868 e. The normalized spacial score (nSPS) is 52.3. The fourth-order valence-electron chi connectivity index (χ4n) is 3.21. The Kier molecular flexibility index (Phi) is 2.55. The predicted molar refractivity (Wildman–Crippen MR) is 73.6 cm³/mol. The first kappa shape index (κ1) is 11.0. The van der Waals surface area contributed by atoms with Crippen molar-refractivity contribution >= 4 is 63.7 Å². The molecule has 0 nitrogen and oxygen atoms in total. The first-order valence-corrected chi connectivity index (χ1v) is 8.38. The zero-order valence-electron chi connectivity index (χ0n) is 7.65. The van der Waals surface area contributed by atoms with Gasteiger partial charge in [-0.15, -0.1) is 0 Å². The van der Waals surface area contributed by atoms with Crippen LogP contribution >= 0.6 is 63.7 Å². The molecule has 4 heteroatoms. The van der Waals surface area contributed by atoms with E-state index in [2.05, 4.69) is 63.7 Å². The SMILES string of the molecule is BrC1(Br)[C@@H]2CC[C@@H]3[C@H](CC[C@@H]21)C3(Br)Br. The van der Waals surface area contributed by atoms with E-state index in [0.29, 0.717) is 6.47 Å². The minimum absolute atomic E-state index is 0.304. The molecule has 3 fully saturated rings. The molecule has 0 N–H and O–H groups in total. The molecular weight excluding hydrogens is 440 g/mol. The van der Waals surface area contributed by atoms with Gasteiger partial charge in [0.05, 0.1) is 6.47 Å². The highest BCUT2D eigenvalue weighted by Crippen LogP contribution is 2.73. The van der Waals surface area contributed by atoms with Crippen molar-refractivity contribution in [3.05, 3.63) is 0 Å². The summed E-state index contributed by atoms with van der Waals surface area (Å²) in [6.07, 6.45) is 5.51. The maximum absolute atomic E-state index is 3.81. The van der Waals surface area contributed by atoms with E-state index >= 15 is 0 Å². The largest absolute Gasteiger partial charge is 0.0868 e. The lowest BCUT2D eigenvalue weighted by atomic mass is 10.0. The molecule has 0 unspecified atom stereocenters. The third-order valence-corrected chi connectivity index (χ3v) is 9.01. The molecule has 3 aliphatic carbocycles. The van der Waals surface area contributed by atoms with E-state index < -0.39 is 0 Å². The van der Waals surface area contributed by atoms with Crippen LogP contribution in [-0.4, -0.2) is 6.47 Å². The van der Waals surface area contributed by atoms with E-state index in [-0.39, 0.29) is 0 Å². The molecular formula is C10H12Br4. The van der Waals surface area contributed by atoms with Gasteiger partial charge in [-0.1, -0.05) is 63.7 Å². The average molecular weight is 452 g/mol. The minimum atomic E-state index is 0.304. The molecule has 0 aromatic rings. The molecule has 3 rings (SSSR count). The molecule has 80 valence electrons. The summed E-state index contributed by atoms with van der Waals surface area (Å²) in [5.41, 5.74) is 0. The standard InChI is InChI=1S/C10H12Br4/c11-9(12)5-1-2-6-8(10(6,13)14)4-3-7(5)9/h5-8H,1-4H2/t5-,6-,7+,8+. The molecule has 0 saturated heterocycles. The van der Waals surface area contributed by atoms with Gasteiger partial charge in [0.1, 0.15) is 0 Å². The zero-order valence-corrected chi connectivity index (χ0v) is 14.0. The van der Waals surface area contributed by atoms with E-state index in [1.165, 1.54) is 25.7 Å². The summed E-state index contributed by atoms with van der Waals surface area (Å²) in [5, 5.41) is 0. The Balaban J connectivity index is 1.71. The molecule has 0 amide bonds. The van der Waals surface area contributed by atoms with E-state index in [4.69, 9.17) is 0 Å². The van der Waals surface area contributed by atoms with Crippen molar-refractivity contribution < 1.29 is 0 Å². The molecule has 0 aromatic carbocycles. The van der Waals surface area contributed by atoms with Crippen molar-refractivity contribution in [2.75, 3.05) is 0 Å². The quantitative estimate of drug-likeness (QED) is 0.453. The molecule has 0 radical (unpaired) electrons. The van der Waals surface area contributed by atoms with Crippen molar-refractivity contribution in [2.24, 2.45) is 23.7 Å². The van der Waals surface area contributed by atoms with E-state index in [1.54, 1.807) is 0 Å². The van der Waals surface area contributed by atoms with Gasteiger partial charge in [0.2, 0.25) is 0 Å². The van der Waals surface area contributed by atoms with Gasteiger partial charge in [-0.25, -0.2) is 0 Å². The Bertz CT molecular complexity index is 221. The summed E-state index contributed by atoms with van der Waals surface area (Å²) < 4.78 is 0.607. The molecule has 3 aliphatic rings. The van der Waals surface area contributed by atoms with Crippen molar-refractivity contribution in [2.45, 2.75) is 32.2 Å². The van der Waals surface area contributed by atoms with Crippen molar-refractivity contribution in [1.29, 1.82) is 0 Å². The molecule has 0 aromatic heterocycles.